The Morgan fingerprint density at radius 1 is 0.400 bits per heavy atom. The number of carbonyl (C=O) groups is 6. The minimum absolute atomic E-state index is 0.133. The zero-order valence-electron chi connectivity index (χ0n) is 56.6. The van der Waals surface area contributed by atoms with Crippen molar-refractivity contribution in [2.45, 2.75) is 26.1 Å². The van der Waals surface area contributed by atoms with Gasteiger partial charge in [0.1, 0.15) is 87.4 Å². The van der Waals surface area contributed by atoms with Gasteiger partial charge in [0.05, 0.1) is 18.1 Å². The van der Waals surface area contributed by atoms with Crippen molar-refractivity contribution in [2.75, 3.05) is 39.7 Å². The van der Waals surface area contributed by atoms with Gasteiger partial charge in [0.25, 0.3) is 17.0 Å². The first-order chi connectivity index (χ1) is 53.2. The molecule has 8 aromatic carbocycles. The molecule has 1 fully saturated rings. The smallest absolute Gasteiger partial charge is 0.349 e. The Hall–Kier alpha value is -11.8. The number of hydrogen-bond donors (Lipinski definition) is 0. The molecule has 0 bridgehead atoms. The van der Waals surface area contributed by atoms with E-state index in [4.69, 9.17) is 84.1 Å². The molecule has 37 heteroatoms. The van der Waals surface area contributed by atoms with Crippen LogP contribution >= 0.6 is 98.7 Å². The van der Waals surface area contributed by atoms with Crippen LogP contribution in [0.15, 0.2) is 218 Å². The molecular weight excluding hydrogens is 1600 g/mol. The molecule has 0 saturated carbocycles. The normalized spacial score (nSPS) is 11.3. The van der Waals surface area contributed by atoms with Crippen LogP contribution in [0.2, 0.25) is 0 Å². The number of rotatable bonds is 30. The van der Waals surface area contributed by atoms with Crippen molar-refractivity contribution in [1.82, 2.24) is 5.01 Å². The number of carbonyl (C=O) groups excluding carboxylic acids is 6. The number of esters is 6. The molecule has 0 amide bonds. The van der Waals surface area contributed by atoms with Crippen molar-refractivity contribution >= 4 is 135 Å². The highest BCUT2D eigenvalue weighted by Gasteiger charge is 2.22. The quantitative estimate of drug-likeness (QED) is 0.00385. The van der Waals surface area contributed by atoms with Crippen molar-refractivity contribution in [3.8, 4) is 77.3 Å². The van der Waals surface area contributed by atoms with Gasteiger partial charge in [0, 0.05) is 14.6 Å². The van der Waals surface area contributed by atoms with Crippen LogP contribution in [0.5, 0.6) is 46.0 Å². The summed E-state index contributed by atoms with van der Waals surface area (Å²) in [6.45, 7) is -1.27. The van der Waals surface area contributed by atoms with Gasteiger partial charge in [-0.25, -0.2) is 28.8 Å². The van der Waals surface area contributed by atoms with E-state index in [0.29, 0.717) is 46.4 Å². The van der Waals surface area contributed by atoms with E-state index >= 15 is 0 Å². The van der Waals surface area contributed by atoms with Gasteiger partial charge in [-0.1, -0.05) is 159 Å². The summed E-state index contributed by atoms with van der Waals surface area (Å²) in [6, 6.07) is 58.2. The average Bonchev–Trinajstić information content (AvgIpc) is 1.32. The molecule has 11 aromatic rings. The first kappa shape index (κ1) is 80.7. The zero-order chi connectivity index (χ0) is 77.7. The second kappa shape index (κ2) is 40.9. The summed E-state index contributed by atoms with van der Waals surface area (Å²) in [6.07, 6.45) is 1.82. The van der Waals surface area contributed by atoms with Gasteiger partial charge in [-0.05, 0) is 192 Å². The van der Waals surface area contributed by atoms with Crippen LogP contribution < -0.4 is 37.9 Å². The minimum Gasteiger partial charge on any atom is -0.569 e. The van der Waals surface area contributed by atoms with E-state index < -0.39 is 72.6 Å². The number of nitrogens with zero attached hydrogens (tertiary/aromatic N) is 5. The average molecular weight is 1660 g/mol. The molecule has 1 saturated heterocycles. The van der Waals surface area contributed by atoms with Crippen LogP contribution in [0.25, 0.3) is 31.3 Å². The summed E-state index contributed by atoms with van der Waals surface area (Å²) in [5, 5.41) is 35.3. The molecule has 0 unspecified atom stereocenters. The van der Waals surface area contributed by atoms with Gasteiger partial charge in [-0.2, -0.15) is 0 Å². The van der Waals surface area contributed by atoms with Crippen LogP contribution in [0.1, 0.15) is 55.0 Å². The number of benzene rings is 8. The fourth-order valence-corrected chi connectivity index (χ4v) is 16.6. The van der Waals surface area contributed by atoms with Crippen LogP contribution in [-0.4, -0.2) is 95.7 Å². The van der Waals surface area contributed by atoms with Gasteiger partial charge in [0.2, 0.25) is 5.28 Å². The second-order valence-electron chi connectivity index (χ2n) is 22.1. The van der Waals surface area contributed by atoms with Crippen molar-refractivity contribution in [3.05, 3.63) is 277 Å². The highest BCUT2D eigenvalue weighted by molar-refractivity contribution is 7.81. The standard InChI is InChI=1S/2C25H17NO8S3.C23H21N3O7S3/c27-23(33-19-5-3-4-16(12-19)14-32-26(29)30)15-31-21-7-2-1-6-20(21)25(28)34-18-10-8-17(9-11-18)22-13-24(35)37-36-22;27-23(33-18-9-5-16(6-10-18)14-32-26(29)30)15-31-21-4-2-1-3-20(21)25(28)34-19-11-7-17(8-12-19)22-13-24(35)37-36-22;27-21(31-15-32-24-26(29)25-11-3-4-12-25)14-30-19-6-2-1-5-18(19)23(28)33-17-9-7-16(8-10-17)20-13-22(34)36-35-20/h2*1-13H,14-15H2;1-2,5-10,13H,3-4,11-12,14-15H2/b;;26-24-. The van der Waals surface area contributed by atoms with Crippen LogP contribution in [-0.2, 0) is 46.8 Å². The van der Waals surface area contributed by atoms with Gasteiger partial charge >= 0.3 is 35.8 Å². The zero-order valence-corrected chi connectivity index (χ0v) is 63.9. The first-order valence-electron chi connectivity index (χ1n) is 32.0. The molecule has 0 radical (unpaired) electrons. The van der Waals surface area contributed by atoms with E-state index in [2.05, 4.69) is 15.0 Å². The van der Waals surface area contributed by atoms with E-state index in [-0.39, 0.29) is 58.7 Å². The number of ether oxygens (including phenoxy) is 9. The topological polar surface area (TPSA) is 341 Å². The van der Waals surface area contributed by atoms with Crippen LogP contribution in [0.3, 0.4) is 0 Å². The van der Waals surface area contributed by atoms with E-state index in [0.717, 1.165) is 55.6 Å². The maximum Gasteiger partial charge on any atom is 0.349 e. The van der Waals surface area contributed by atoms with Crippen LogP contribution in [0.4, 0.5) is 0 Å². The van der Waals surface area contributed by atoms with E-state index in [9.17, 15) is 54.2 Å². The maximum atomic E-state index is 12.8. The van der Waals surface area contributed by atoms with Crippen LogP contribution in [0, 0.1) is 36.9 Å². The molecular formula is C73H55N5O23S9. The molecule has 12 rings (SSSR count). The van der Waals surface area contributed by atoms with Gasteiger partial charge < -0.3 is 62.4 Å². The lowest BCUT2D eigenvalue weighted by Crippen LogP contribution is -2.27. The number of para-hydroxylation sites is 3. The molecule has 110 heavy (non-hydrogen) atoms. The second-order valence-corrected chi connectivity index (χ2v) is 30.8. The highest BCUT2D eigenvalue weighted by Crippen LogP contribution is 2.35. The Morgan fingerprint density at radius 3 is 1.15 bits per heavy atom. The van der Waals surface area contributed by atoms with Gasteiger partial charge in [-0.15, -0.1) is 25.2 Å². The van der Waals surface area contributed by atoms with Gasteiger partial charge in [-0.3, -0.25) is 0 Å². The number of hydrazine groups is 1. The Morgan fingerprint density at radius 2 is 0.764 bits per heavy atom. The summed E-state index contributed by atoms with van der Waals surface area (Å²) in [7, 11) is 9.31. The van der Waals surface area contributed by atoms with E-state index in [1.807, 2.05) is 54.6 Å². The highest BCUT2D eigenvalue weighted by atomic mass is 32.9. The van der Waals surface area contributed by atoms with Crippen molar-refractivity contribution in [3.63, 3.8) is 0 Å². The molecule has 3 aromatic heterocycles. The van der Waals surface area contributed by atoms with Crippen molar-refractivity contribution < 1.29 is 101 Å². The monoisotopic (exact) mass is 1660 g/mol. The lowest BCUT2D eigenvalue weighted by atomic mass is 10.2. The number of hydrogen-bond acceptors (Lipinski definition) is 33. The fraction of sp³-hybridized carbons (Fsp3) is 0.137. The summed E-state index contributed by atoms with van der Waals surface area (Å²) < 4.78 is 50.6. The molecule has 1 aliphatic rings. The first-order valence-corrected chi connectivity index (χ1v) is 39.7. The molecule has 4 heterocycles. The summed E-state index contributed by atoms with van der Waals surface area (Å²) in [5.41, 5.74) is 4.32. The molecule has 0 spiro atoms. The molecule has 0 N–H and O–H groups in total. The molecule has 0 aliphatic carbocycles. The summed E-state index contributed by atoms with van der Waals surface area (Å²) >= 11 is 15.5. The Labute approximate surface area is 661 Å². The predicted molar refractivity (Wildman–Crippen MR) is 413 cm³/mol. The lowest BCUT2D eigenvalue weighted by molar-refractivity contribution is -0.763. The lowest BCUT2D eigenvalue weighted by Gasteiger charge is -2.11. The maximum absolute atomic E-state index is 12.8. The molecule has 0 atom stereocenters. The molecule has 564 valence electrons. The van der Waals surface area contributed by atoms with E-state index in [1.165, 1.54) is 103 Å². The third-order valence-electron chi connectivity index (χ3n) is 14.5. The van der Waals surface area contributed by atoms with Gasteiger partial charge in [0.15, 0.2) is 19.8 Å². The molecule has 28 nitrogen and oxygen atoms in total. The van der Waals surface area contributed by atoms with Crippen molar-refractivity contribution in [2.24, 2.45) is 5.28 Å². The largest absolute Gasteiger partial charge is 0.569 e. The Bertz CT molecular complexity index is 5250. The summed E-state index contributed by atoms with van der Waals surface area (Å²) in [4.78, 5) is 112. The van der Waals surface area contributed by atoms with Crippen molar-refractivity contribution in [1.29, 1.82) is 0 Å². The Kier molecular flexibility index (Phi) is 30.1. The molecule has 1 aliphatic heterocycles. The minimum atomic E-state index is -0.910. The third kappa shape index (κ3) is 25.4. The Balaban J connectivity index is 0.000000176. The summed E-state index contributed by atoms with van der Waals surface area (Å²) in [5.74, 6) is -2.22. The fourth-order valence-electron chi connectivity index (χ4n) is 9.42. The third-order valence-corrected chi connectivity index (χ3v) is 23.2. The predicted octanol–water partition coefficient (Wildman–Crippen LogP) is 17.4. The SMILES string of the molecule is O=C(COc1ccccc1C(=O)Oc1ccc(-c2cc(=S)ss2)cc1)OCO/N=[N+](\[O-])N1CCCC1.O=C(COc1ccccc1C(=O)Oc1ccc(-c2cc(=S)ss2)cc1)Oc1ccc(CO[N+](=O)[O-])cc1.O=C(COc1ccccc1C(=O)Oc1ccc(-c2cc(=S)ss2)cc1)Oc1cccc(CO[N+](=O)[O-])c1. The van der Waals surface area contributed by atoms with E-state index in [1.54, 1.807) is 122 Å².